The van der Waals surface area contributed by atoms with E-state index in [1.54, 1.807) is 0 Å². The lowest BCUT2D eigenvalue weighted by atomic mass is 9.75. The summed E-state index contributed by atoms with van der Waals surface area (Å²) in [6, 6.07) is 10.0. The van der Waals surface area contributed by atoms with Crippen molar-refractivity contribution in [1.29, 1.82) is 0 Å². The highest BCUT2D eigenvalue weighted by atomic mass is 16.1. The number of carbonyl (C=O) groups excluding carboxylic acids is 1. The molecule has 0 radical (unpaired) electrons. The lowest BCUT2D eigenvalue weighted by Gasteiger charge is -2.27. The normalized spacial score (nSPS) is 17.0. The van der Waals surface area contributed by atoms with Crippen molar-refractivity contribution in [3.05, 3.63) is 52.8 Å². The predicted molar refractivity (Wildman–Crippen MR) is 78.1 cm³/mol. The van der Waals surface area contributed by atoms with Gasteiger partial charge in [0.25, 0.3) is 0 Å². The van der Waals surface area contributed by atoms with Crippen LogP contribution in [0.4, 0.5) is 0 Å². The van der Waals surface area contributed by atoms with Gasteiger partial charge in [-0.15, -0.1) is 0 Å². The summed E-state index contributed by atoms with van der Waals surface area (Å²) in [6.45, 7) is 4.19. The number of nitrogens with zero attached hydrogens (tertiary/aromatic N) is 2. The first-order valence-corrected chi connectivity index (χ1v) is 6.89. The van der Waals surface area contributed by atoms with E-state index in [0.29, 0.717) is 12.8 Å². The fourth-order valence-corrected chi connectivity index (χ4v) is 2.96. The Morgan fingerprint density at radius 3 is 2.65 bits per heavy atom. The molecular formula is C16H19N3O. The van der Waals surface area contributed by atoms with Crippen molar-refractivity contribution < 1.29 is 4.79 Å². The van der Waals surface area contributed by atoms with Crippen LogP contribution >= 0.6 is 0 Å². The topological polar surface area (TPSA) is 60.9 Å². The summed E-state index contributed by atoms with van der Waals surface area (Å²) in [4.78, 5) is 13.8. The number of rotatable bonds is 2. The molecule has 20 heavy (non-hydrogen) atoms. The zero-order chi connectivity index (χ0) is 14.3. The van der Waals surface area contributed by atoms with Crippen molar-refractivity contribution in [2.24, 2.45) is 5.41 Å². The molecule has 4 heteroatoms. The molecule has 0 atom stereocenters. The van der Waals surface area contributed by atoms with Gasteiger partial charge in [-0.1, -0.05) is 44.2 Å². The average Bonchev–Trinajstić information content (AvgIpc) is 2.65. The largest absolute Gasteiger partial charge is 0.323 e. The zero-order valence-corrected chi connectivity index (χ0v) is 11.9. The van der Waals surface area contributed by atoms with Crippen LogP contribution in [0.25, 0.3) is 0 Å². The summed E-state index contributed by atoms with van der Waals surface area (Å²) < 4.78 is 0. The first kappa shape index (κ1) is 12.9. The monoisotopic (exact) mass is 269 g/mol. The molecule has 0 amide bonds. The van der Waals surface area contributed by atoms with Gasteiger partial charge in [0.2, 0.25) is 0 Å². The van der Waals surface area contributed by atoms with E-state index in [9.17, 15) is 4.79 Å². The minimum Gasteiger partial charge on any atom is -0.323 e. The number of Topliss-reactive ketones (excluding diaryl/α,β-unsaturated/α-hetero) is 1. The number of hydrogen-bond acceptors (Lipinski definition) is 3. The SMILES string of the molecule is CC1(C)CC(=O)c2c(nn(N)c2Cc2ccccc2)C1. The lowest BCUT2D eigenvalue weighted by Crippen LogP contribution is -2.27. The van der Waals surface area contributed by atoms with E-state index in [1.807, 2.05) is 30.3 Å². The molecule has 0 saturated carbocycles. The van der Waals surface area contributed by atoms with Gasteiger partial charge in [0.15, 0.2) is 5.78 Å². The standard InChI is InChI=1S/C16H19N3O/c1-16(2)9-12-15(14(20)10-16)13(19(17)18-12)8-11-6-4-3-5-7-11/h3-7H,8-10,17H2,1-2H3. The van der Waals surface area contributed by atoms with Crippen molar-refractivity contribution in [1.82, 2.24) is 9.89 Å². The first-order valence-electron chi connectivity index (χ1n) is 6.89. The Balaban J connectivity index is 2.02. The van der Waals surface area contributed by atoms with Gasteiger partial charge in [0.05, 0.1) is 17.0 Å². The molecule has 1 aliphatic rings. The molecule has 1 aliphatic carbocycles. The van der Waals surface area contributed by atoms with Gasteiger partial charge in [-0.2, -0.15) is 9.89 Å². The predicted octanol–water partition coefficient (Wildman–Crippen LogP) is 2.34. The average molecular weight is 269 g/mol. The number of nitrogen functional groups attached to an aromatic ring is 1. The number of nitrogens with two attached hydrogens (primary N) is 1. The molecule has 0 saturated heterocycles. The Labute approximate surface area is 118 Å². The van der Waals surface area contributed by atoms with Gasteiger partial charge < -0.3 is 5.84 Å². The molecule has 4 nitrogen and oxygen atoms in total. The molecule has 104 valence electrons. The third-order valence-corrected chi connectivity index (χ3v) is 3.86. The number of fused-ring (bicyclic) bond motifs is 1. The summed E-state index contributed by atoms with van der Waals surface area (Å²) in [5, 5.41) is 4.37. The van der Waals surface area contributed by atoms with Crippen LogP contribution in [0.1, 0.15) is 47.6 Å². The molecule has 1 aromatic heterocycles. The van der Waals surface area contributed by atoms with Gasteiger partial charge >= 0.3 is 0 Å². The smallest absolute Gasteiger partial charge is 0.167 e. The van der Waals surface area contributed by atoms with E-state index < -0.39 is 0 Å². The van der Waals surface area contributed by atoms with Crippen LogP contribution < -0.4 is 5.84 Å². The first-order chi connectivity index (χ1) is 9.46. The Kier molecular flexibility index (Phi) is 2.89. The second-order valence-corrected chi connectivity index (χ2v) is 6.32. The molecule has 2 aromatic rings. The van der Waals surface area contributed by atoms with E-state index in [1.165, 1.54) is 4.79 Å². The number of carbonyl (C=O) groups is 1. The van der Waals surface area contributed by atoms with Gasteiger partial charge in [-0.05, 0) is 17.4 Å². The minimum absolute atomic E-state index is 0.0253. The highest BCUT2D eigenvalue weighted by Gasteiger charge is 2.35. The van der Waals surface area contributed by atoms with Gasteiger partial charge in [0.1, 0.15) is 0 Å². The molecule has 3 rings (SSSR count). The quantitative estimate of drug-likeness (QED) is 0.851. The van der Waals surface area contributed by atoms with E-state index in [4.69, 9.17) is 5.84 Å². The van der Waals surface area contributed by atoms with Crippen LogP contribution in [0.15, 0.2) is 30.3 Å². The van der Waals surface area contributed by atoms with Gasteiger partial charge in [0, 0.05) is 12.8 Å². The summed E-state index contributed by atoms with van der Waals surface area (Å²) in [7, 11) is 0. The lowest BCUT2D eigenvalue weighted by molar-refractivity contribution is 0.0911. The number of ketones is 1. The third kappa shape index (κ3) is 2.22. The van der Waals surface area contributed by atoms with Crippen LogP contribution in [0, 0.1) is 5.41 Å². The minimum atomic E-state index is -0.0253. The summed E-state index contributed by atoms with van der Waals surface area (Å²) in [6.07, 6.45) is 2.01. The third-order valence-electron chi connectivity index (χ3n) is 3.86. The Morgan fingerprint density at radius 2 is 1.95 bits per heavy atom. The van der Waals surface area contributed by atoms with Crippen molar-refractivity contribution in [2.75, 3.05) is 5.84 Å². The molecule has 0 spiro atoms. The van der Waals surface area contributed by atoms with Crippen molar-refractivity contribution in [3.8, 4) is 0 Å². The van der Waals surface area contributed by atoms with Gasteiger partial charge in [-0.3, -0.25) is 4.79 Å². The number of benzene rings is 1. The maximum atomic E-state index is 12.4. The van der Waals surface area contributed by atoms with Crippen LogP contribution in [-0.4, -0.2) is 15.7 Å². The van der Waals surface area contributed by atoms with E-state index in [2.05, 4.69) is 18.9 Å². The maximum Gasteiger partial charge on any atom is 0.167 e. The van der Waals surface area contributed by atoms with E-state index in [-0.39, 0.29) is 11.2 Å². The van der Waals surface area contributed by atoms with Crippen LogP contribution in [0.5, 0.6) is 0 Å². The Hall–Kier alpha value is -2.10. The summed E-state index contributed by atoms with van der Waals surface area (Å²) in [5.41, 5.74) is 3.53. The zero-order valence-electron chi connectivity index (χ0n) is 11.9. The highest BCUT2D eigenvalue weighted by Crippen LogP contribution is 2.35. The van der Waals surface area contributed by atoms with Crippen LogP contribution in [-0.2, 0) is 12.8 Å². The fourth-order valence-electron chi connectivity index (χ4n) is 2.96. The second kappa shape index (κ2) is 4.47. The second-order valence-electron chi connectivity index (χ2n) is 6.32. The summed E-state index contributed by atoms with van der Waals surface area (Å²) in [5.74, 6) is 6.14. The molecule has 2 N–H and O–H groups in total. The maximum absolute atomic E-state index is 12.4. The fraction of sp³-hybridized carbons (Fsp3) is 0.375. The van der Waals surface area contributed by atoms with E-state index in [0.717, 1.165) is 28.9 Å². The molecule has 0 unspecified atom stereocenters. The van der Waals surface area contributed by atoms with Crippen molar-refractivity contribution in [3.63, 3.8) is 0 Å². The van der Waals surface area contributed by atoms with Crippen molar-refractivity contribution >= 4 is 5.78 Å². The summed E-state index contributed by atoms with van der Waals surface area (Å²) >= 11 is 0. The van der Waals surface area contributed by atoms with Crippen molar-refractivity contribution in [2.45, 2.75) is 33.1 Å². The molecule has 0 aliphatic heterocycles. The Bertz CT molecular complexity index is 656. The number of hydrogen-bond donors (Lipinski definition) is 1. The molecule has 0 bridgehead atoms. The number of aromatic nitrogens is 2. The van der Waals surface area contributed by atoms with E-state index >= 15 is 0 Å². The highest BCUT2D eigenvalue weighted by molar-refractivity contribution is 5.99. The molecular weight excluding hydrogens is 250 g/mol. The van der Waals surface area contributed by atoms with Crippen LogP contribution in [0.3, 0.4) is 0 Å². The molecule has 1 aromatic carbocycles. The molecule has 1 heterocycles. The molecule has 0 fully saturated rings. The van der Waals surface area contributed by atoms with Gasteiger partial charge in [-0.25, -0.2) is 0 Å². The Morgan fingerprint density at radius 1 is 1.25 bits per heavy atom. The van der Waals surface area contributed by atoms with Crippen LogP contribution in [0.2, 0.25) is 0 Å².